The molecule has 1 saturated heterocycles. The molecule has 1 aliphatic rings. The standard InChI is InChI=1S/C19H23FN2O2S/c1-2-17(19(23)24)22-10-8-21(9-11-22)13-16-6-7-18(25-16)14-4-3-5-15(20)12-14/h3-7,12,17H,2,8-11,13H2,1H3,(H,23,24). The van der Waals surface area contributed by atoms with Crippen LogP contribution in [0.3, 0.4) is 0 Å². The normalized spacial score (nSPS) is 17.5. The topological polar surface area (TPSA) is 43.8 Å². The maximum absolute atomic E-state index is 13.4. The summed E-state index contributed by atoms with van der Waals surface area (Å²) >= 11 is 1.69. The van der Waals surface area contributed by atoms with E-state index in [1.165, 1.54) is 10.9 Å². The van der Waals surface area contributed by atoms with Crippen LogP contribution >= 0.6 is 11.3 Å². The van der Waals surface area contributed by atoms with Crippen molar-refractivity contribution in [3.8, 4) is 10.4 Å². The molecular formula is C19H23FN2O2S. The Morgan fingerprint density at radius 3 is 2.64 bits per heavy atom. The van der Waals surface area contributed by atoms with Gasteiger partial charge in [-0.3, -0.25) is 14.6 Å². The van der Waals surface area contributed by atoms with Gasteiger partial charge in [-0.15, -0.1) is 11.3 Å². The van der Waals surface area contributed by atoms with Crippen LogP contribution < -0.4 is 0 Å². The number of piperazine rings is 1. The van der Waals surface area contributed by atoms with E-state index in [0.29, 0.717) is 6.42 Å². The van der Waals surface area contributed by atoms with Gasteiger partial charge in [0.25, 0.3) is 0 Å². The summed E-state index contributed by atoms with van der Waals surface area (Å²) in [6.07, 6.45) is 0.636. The second kappa shape index (κ2) is 8.08. The summed E-state index contributed by atoms with van der Waals surface area (Å²) in [5, 5.41) is 9.28. The SMILES string of the molecule is CCC(C(=O)O)N1CCN(Cc2ccc(-c3cccc(F)c3)s2)CC1. The molecule has 0 aliphatic carbocycles. The second-order valence-corrected chi connectivity index (χ2v) is 7.52. The molecule has 0 saturated carbocycles. The number of aliphatic carboxylic acids is 1. The Balaban J connectivity index is 1.57. The molecule has 1 fully saturated rings. The molecule has 3 rings (SSSR count). The van der Waals surface area contributed by atoms with Crippen LogP contribution in [0, 0.1) is 5.82 Å². The number of rotatable bonds is 6. The number of nitrogens with zero attached hydrogens (tertiary/aromatic N) is 2. The van der Waals surface area contributed by atoms with E-state index in [1.807, 2.05) is 19.1 Å². The van der Waals surface area contributed by atoms with E-state index in [1.54, 1.807) is 23.5 Å². The minimum atomic E-state index is -0.728. The van der Waals surface area contributed by atoms with Crippen LogP contribution in [-0.4, -0.2) is 53.1 Å². The predicted octanol–water partition coefficient (Wildman–Crippen LogP) is 3.54. The van der Waals surface area contributed by atoms with E-state index in [0.717, 1.165) is 43.2 Å². The third-order valence-corrected chi connectivity index (χ3v) is 5.79. The molecule has 0 spiro atoms. The average molecular weight is 362 g/mol. The Morgan fingerprint density at radius 1 is 1.24 bits per heavy atom. The van der Waals surface area contributed by atoms with Crippen molar-refractivity contribution in [1.82, 2.24) is 9.80 Å². The molecule has 25 heavy (non-hydrogen) atoms. The van der Waals surface area contributed by atoms with Crippen molar-refractivity contribution in [3.63, 3.8) is 0 Å². The molecule has 1 unspecified atom stereocenters. The van der Waals surface area contributed by atoms with E-state index in [-0.39, 0.29) is 11.9 Å². The van der Waals surface area contributed by atoms with E-state index >= 15 is 0 Å². The molecule has 1 N–H and O–H groups in total. The molecule has 1 aliphatic heterocycles. The first kappa shape index (κ1) is 18.0. The summed E-state index contributed by atoms with van der Waals surface area (Å²) in [5.41, 5.74) is 0.910. The molecular weight excluding hydrogens is 339 g/mol. The van der Waals surface area contributed by atoms with Crippen molar-refractivity contribution in [1.29, 1.82) is 0 Å². The minimum absolute atomic E-state index is 0.215. The fourth-order valence-electron chi connectivity index (χ4n) is 3.30. The van der Waals surface area contributed by atoms with Crippen molar-refractivity contribution >= 4 is 17.3 Å². The van der Waals surface area contributed by atoms with E-state index < -0.39 is 5.97 Å². The number of hydrogen-bond acceptors (Lipinski definition) is 4. The Kier molecular flexibility index (Phi) is 5.83. The minimum Gasteiger partial charge on any atom is -0.480 e. The molecule has 1 aromatic heterocycles. The van der Waals surface area contributed by atoms with Gasteiger partial charge in [0.1, 0.15) is 11.9 Å². The molecule has 6 heteroatoms. The van der Waals surface area contributed by atoms with Crippen LogP contribution in [-0.2, 0) is 11.3 Å². The Labute approximate surface area is 151 Å². The van der Waals surface area contributed by atoms with Gasteiger partial charge in [-0.05, 0) is 36.2 Å². The molecule has 2 heterocycles. The third kappa shape index (κ3) is 4.45. The number of carbonyl (C=O) groups is 1. The number of halogens is 1. The molecule has 0 bridgehead atoms. The van der Waals surface area contributed by atoms with Gasteiger partial charge in [-0.25, -0.2) is 4.39 Å². The third-order valence-electron chi connectivity index (χ3n) is 4.67. The van der Waals surface area contributed by atoms with Gasteiger partial charge in [0, 0.05) is 42.5 Å². The van der Waals surface area contributed by atoms with Gasteiger partial charge in [-0.1, -0.05) is 19.1 Å². The van der Waals surface area contributed by atoms with Crippen molar-refractivity contribution in [3.05, 3.63) is 47.1 Å². The van der Waals surface area contributed by atoms with Crippen LogP contribution in [0.15, 0.2) is 36.4 Å². The summed E-state index contributed by atoms with van der Waals surface area (Å²) in [4.78, 5) is 18.0. The summed E-state index contributed by atoms with van der Waals surface area (Å²) in [5.74, 6) is -0.943. The van der Waals surface area contributed by atoms with E-state index in [4.69, 9.17) is 0 Å². The zero-order valence-electron chi connectivity index (χ0n) is 14.3. The number of hydrogen-bond donors (Lipinski definition) is 1. The first-order valence-electron chi connectivity index (χ1n) is 8.60. The van der Waals surface area contributed by atoms with Gasteiger partial charge in [-0.2, -0.15) is 0 Å². The maximum atomic E-state index is 13.4. The summed E-state index contributed by atoms with van der Waals surface area (Å²) in [7, 11) is 0. The smallest absolute Gasteiger partial charge is 0.320 e. The lowest BCUT2D eigenvalue weighted by Gasteiger charge is -2.37. The fourth-order valence-corrected chi connectivity index (χ4v) is 4.35. The molecule has 1 atom stereocenters. The highest BCUT2D eigenvalue weighted by Crippen LogP contribution is 2.29. The first-order chi connectivity index (χ1) is 12.1. The first-order valence-corrected chi connectivity index (χ1v) is 9.42. The molecule has 4 nitrogen and oxygen atoms in total. The van der Waals surface area contributed by atoms with Crippen LogP contribution in [0.1, 0.15) is 18.2 Å². The molecule has 2 aromatic rings. The zero-order valence-corrected chi connectivity index (χ0v) is 15.1. The molecule has 1 aromatic carbocycles. The Morgan fingerprint density at radius 2 is 2.00 bits per heavy atom. The van der Waals surface area contributed by atoms with Crippen molar-refractivity contribution in [2.24, 2.45) is 0 Å². The van der Waals surface area contributed by atoms with Crippen LogP contribution in [0.4, 0.5) is 4.39 Å². The zero-order chi connectivity index (χ0) is 17.8. The molecule has 0 amide bonds. The Hall–Kier alpha value is -1.76. The predicted molar refractivity (Wildman–Crippen MR) is 98.3 cm³/mol. The number of thiophene rings is 1. The maximum Gasteiger partial charge on any atom is 0.320 e. The lowest BCUT2D eigenvalue weighted by atomic mass is 10.1. The van der Waals surface area contributed by atoms with Gasteiger partial charge in [0.15, 0.2) is 0 Å². The van der Waals surface area contributed by atoms with E-state index in [2.05, 4.69) is 15.9 Å². The van der Waals surface area contributed by atoms with E-state index in [9.17, 15) is 14.3 Å². The van der Waals surface area contributed by atoms with Crippen LogP contribution in [0.2, 0.25) is 0 Å². The van der Waals surface area contributed by atoms with Crippen LogP contribution in [0.25, 0.3) is 10.4 Å². The highest BCUT2D eigenvalue weighted by atomic mass is 32.1. The van der Waals surface area contributed by atoms with Crippen molar-refractivity contribution < 1.29 is 14.3 Å². The quantitative estimate of drug-likeness (QED) is 0.854. The van der Waals surface area contributed by atoms with Gasteiger partial charge in [0.05, 0.1) is 0 Å². The fraction of sp³-hybridized carbons (Fsp3) is 0.421. The highest BCUT2D eigenvalue weighted by molar-refractivity contribution is 7.15. The van der Waals surface area contributed by atoms with Gasteiger partial charge < -0.3 is 5.11 Å². The largest absolute Gasteiger partial charge is 0.480 e. The summed E-state index contributed by atoms with van der Waals surface area (Å²) in [6.45, 7) is 6.09. The lowest BCUT2D eigenvalue weighted by Crippen LogP contribution is -2.52. The van der Waals surface area contributed by atoms with Crippen molar-refractivity contribution in [2.75, 3.05) is 26.2 Å². The molecule has 0 radical (unpaired) electrons. The number of carboxylic acid groups (broad SMARTS) is 1. The van der Waals surface area contributed by atoms with Crippen molar-refractivity contribution in [2.45, 2.75) is 25.9 Å². The number of carboxylic acids is 1. The number of benzene rings is 1. The second-order valence-electron chi connectivity index (χ2n) is 6.35. The van der Waals surface area contributed by atoms with Gasteiger partial charge in [0.2, 0.25) is 0 Å². The monoisotopic (exact) mass is 362 g/mol. The molecule has 134 valence electrons. The average Bonchev–Trinajstić information content (AvgIpc) is 3.05. The van der Waals surface area contributed by atoms with Gasteiger partial charge >= 0.3 is 5.97 Å². The Bertz CT molecular complexity index is 726. The van der Waals surface area contributed by atoms with Crippen LogP contribution in [0.5, 0.6) is 0 Å². The lowest BCUT2D eigenvalue weighted by molar-refractivity contribution is -0.144. The summed E-state index contributed by atoms with van der Waals surface area (Å²) < 4.78 is 13.4. The summed E-state index contributed by atoms with van der Waals surface area (Å²) in [6, 6.07) is 10.4. The highest BCUT2D eigenvalue weighted by Gasteiger charge is 2.27.